The maximum absolute atomic E-state index is 10.5. The summed E-state index contributed by atoms with van der Waals surface area (Å²) in [6.07, 6.45) is 2.11. The van der Waals surface area contributed by atoms with Crippen molar-refractivity contribution in [2.45, 2.75) is 18.4 Å². The zero-order valence-corrected chi connectivity index (χ0v) is 10.4. The van der Waals surface area contributed by atoms with E-state index in [0.29, 0.717) is 0 Å². The number of β-amino-alcohol motifs (C(OH)–C–C–N with tert-alkyl or cyclic N) is 1. The summed E-state index contributed by atoms with van der Waals surface area (Å²) in [5.74, 6) is 2.46. The number of hydrogen-bond donors (Lipinski definition) is 1. The van der Waals surface area contributed by atoms with Crippen LogP contribution in [0.4, 0.5) is 0 Å². The van der Waals surface area contributed by atoms with E-state index < -0.39 is 5.60 Å². The highest BCUT2D eigenvalue weighted by atomic mass is 32.2. The minimum Gasteiger partial charge on any atom is -0.387 e. The highest BCUT2D eigenvalue weighted by Crippen LogP contribution is 2.22. The van der Waals surface area contributed by atoms with E-state index in [9.17, 15) is 5.11 Å². The maximum Gasteiger partial charge on any atom is 0.0900 e. The lowest BCUT2D eigenvalue weighted by Gasteiger charge is -2.41. The molecule has 2 aliphatic rings. The van der Waals surface area contributed by atoms with E-state index in [2.05, 4.69) is 16.8 Å². The van der Waals surface area contributed by atoms with Crippen LogP contribution in [-0.4, -0.2) is 71.8 Å². The van der Waals surface area contributed by atoms with E-state index in [1.165, 1.54) is 11.5 Å². The Kier molecular flexibility index (Phi) is 3.93. The van der Waals surface area contributed by atoms with Crippen molar-refractivity contribution < 1.29 is 5.11 Å². The first-order valence-corrected chi connectivity index (χ1v) is 7.04. The molecule has 2 aliphatic heterocycles. The molecule has 1 N–H and O–H groups in total. The third kappa shape index (κ3) is 3.34. The van der Waals surface area contributed by atoms with Gasteiger partial charge in [0, 0.05) is 37.7 Å². The standard InChI is InChI=1S/C11H22N2OS/c1-12-4-2-3-11(14,9-12)10-13-5-7-15-8-6-13/h14H,2-10H2,1H3. The van der Waals surface area contributed by atoms with E-state index in [1.54, 1.807) is 0 Å². The lowest BCUT2D eigenvalue weighted by atomic mass is 9.92. The molecule has 2 heterocycles. The predicted octanol–water partition coefficient (Wildman–Crippen LogP) is 0.492. The molecule has 0 radical (unpaired) electrons. The van der Waals surface area contributed by atoms with E-state index in [0.717, 1.165) is 45.6 Å². The molecule has 15 heavy (non-hydrogen) atoms. The second-order valence-corrected chi connectivity index (χ2v) is 6.18. The van der Waals surface area contributed by atoms with Crippen LogP contribution >= 0.6 is 11.8 Å². The summed E-state index contributed by atoms with van der Waals surface area (Å²) in [5.41, 5.74) is -0.449. The molecule has 0 saturated carbocycles. The Morgan fingerprint density at radius 3 is 2.67 bits per heavy atom. The summed E-state index contributed by atoms with van der Waals surface area (Å²) < 4.78 is 0. The summed E-state index contributed by atoms with van der Waals surface area (Å²) in [6, 6.07) is 0. The number of likely N-dealkylation sites (N-methyl/N-ethyl adjacent to an activating group) is 1. The number of rotatable bonds is 2. The summed E-state index contributed by atoms with van der Waals surface area (Å²) in [4.78, 5) is 4.68. The van der Waals surface area contributed by atoms with Crippen LogP contribution in [0.1, 0.15) is 12.8 Å². The highest BCUT2D eigenvalue weighted by Gasteiger charge is 2.33. The monoisotopic (exact) mass is 230 g/mol. The van der Waals surface area contributed by atoms with Crippen LogP contribution in [0.25, 0.3) is 0 Å². The van der Waals surface area contributed by atoms with E-state index >= 15 is 0 Å². The van der Waals surface area contributed by atoms with E-state index in [4.69, 9.17) is 0 Å². The van der Waals surface area contributed by atoms with Gasteiger partial charge >= 0.3 is 0 Å². The lowest BCUT2D eigenvalue weighted by Crippen LogP contribution is -2.54. The molecular formula is C11H22N2OS. The van der Waals surface area contributed by atoms with Crippen LogP contribution in [0.3, 0.4) is 0 Å². The molecule has 88 valence electrons. The van der Waals surface area contributed by atoms with Gasteiger partial charge in [-0.25, -0.2) is 0 Å². The largest absolute Gasteiger partial charge is 0.387 e. The van der Waals surface area contributed by atoms with Gasteiger partial charge in [0.25, 0.3) is 0 Å². The predicted molar refractivity (Wildman–Crippen MR) is 65.4 cm³/mol. The van der Waals surface area contributed by atoms with Gasteiger partial charge in [-0.3, -0.25) is 4.90 Å². The normalized spacial score (nSPS) is 35.6. The van der Waals surface area contributed by atoms with Crippen molar-refractivity contribution in [2.75, 3.05) is 51.3 Å². The summed E-state index contributed by atoms with van der Waals surface area (Å²) >= 11 is 2.03. The van der Waals surface area contributed by atoms with Gasteiger partial charge in [0.15, 0.2) is 0 Å². The van der Waals surface area contributed by atoms with Gasteiger partial charge in [-0.15, -0.1) is 0 Å². The topological polar surface area (TPSA) is 26.7 Å². The van der Waals surface area contributed by atoms with Crippen LogP contribution in [0.2, 0.25) is 0 Å². The second-order valence-electron chi connectivity index (χ2n) is 4.95. The van der Waals surface area contributed by atoms with Crippen molar-refractivity contribution in [1.82, 2.24) is 9.80 Å². The van der Waals surface area contributed by atoms with Crippen molar-refractivity contribution in [3.63, 3.8) is 0 Å². The molecule has 0 aromatic heterocycles. The van der Waals surface area contributed by atoms with Crippen molar-refractivity contribution >= 4 is 11.8 Å². The van der Waals surface area contributed by atoms with Gasteiger partial charge in [0.2, 0.25) is 0 Å². The first kappa shape index (κ1) is 11.7. The lowest BCUT2D eigenvalue weighted by molar-refractivity contribution is -0.0455. The summed E-state index contributed by atoms with van der Waals surface area (Å²) in [7, 11) is 2.11. The van der Waals surface area contributed by atoms with Crippen molar-refractivity contribution in [1.29, 1.82) is 0 Å². The number of nitrogens with zero attached hydrogens (tertiary/aromatic N) is 2. The Balaban J connectivity index is 1.85. The fourth-order valence-corrected chi connectivity index (χ4v) is 3.62. The van der Waals surface area contributed by atoms with Gasteiger partial charge < -0.3 is 10.0 Å². The smallest absolute Gasteiger partial charge is 0.0900 e. The summed E-state index contributed by atoms with van der Waals surface area (Å²) in [6.45, 7) is 5.15. The molecule has 0 spiro atoms. The Morgan fingerprint density at radius 1 is 1.27 bits per heavy atom. The van der Waals surface area contributed by atoms with Crippen LogP contribution < -0.4 is 0 Å². The maximum atomic E-state index is 10.5. The molecule has 0 aromatic carbocycles. The minimum absolute atomic E-state index is 0.449. The van der Waals surface area contributed by atoms with Crippen molar-refractivity contribution in [3.05, 3.63) is 0 Å². The highest BCUT2D eigenvalue weighted by molar-refractivity contribution is 7.99. The molecule has 0 aliphatic carbocycles. The zero-order chi connectivity index (χ0) is 10.7. The minimum atomic E-state index is -0.449. The Labute approximate surface area is 96.8 Å². The number of hydrogen-bond acceptors (Lipinski definition) is 4. The Hall–Kier alpha value is 0.230. The molecule has 0 bridgehead atoms. The van der Waals surface area contributed by atoms with Gasteiger partial charge in [-0.05, 0) is 26.4 Å². The SMILES string of the molecule is CN1CCCC(O)(CN2CCSCC2)C1. The molecule has 4 heteroatoms. The number of piperidine rings is 1. The number of thioether (sulfide) groups is 1. The van der Waals surface area contributed by atoms with Crippen molar-refractivity contribution in [2.24, 2.45) is 0 Å². The van der Waals surface area contributed by atoms with Gasteiger partial charge in [-0.1, -0.05) is 0 Å². The average molecular weight is 230 g/mol. The molecule has 0 amide bonds. The van der Waals surface area contributed by atoms with E-state index in [1.807, 2.05) is 11.8 Å². The number of likely N-dealkylation sites (tertiary alicyclic amines) is 1. The third-order valence-electron chi connectivity index (χ3n) is 3.37. The molecule has 1 atom stereocenters. The zero-order valence-electron chi connectivity index (χ0n) is 9.61. The first-order chi connectivity index (χ1) is 7.18. The third-order valence-corrected chi connectivity index (χ3v) is 4.31. The van der Waals surface area contributed by atoms with Crippen LogP contribution in [0, 0.1) is 0 Å². The molecular weight excluding hydrogens is 208 g/mol. The first-order valence-electron chi connectivity index (χ1n) is 5.89. The molecule has 0 aromatic rings. The fourth-order valence-electron chi connectivity index (χ4n) is 2.64. The molecule has 3 nitrogen and oxygen atoms in total. The average Bonchev–Trinajstić information content (AvgIpc) is 2.18. The van der Waals surface area contributed by atoms with Gasteiger partial charge in [0.05, 0.1) is 5.60 Å². The van der Waals surface area contributed by atoms with Crippen molar-refractivity contribution in [3.8, 4) is 0 Å². The molecule has 2 saturated heterocycles. The van der Waals surface area contributed by atoms with Crippen LogP contribution in [0.5, 0.6) is 0 Å². The summed E-state index contributed by atoms with van der Waals surface area (Å²) in [5, 5.41) is 10.5. The van der Waals surface area contributed by atoms with Crippen LogP contribution in [0.15, 0.2) is 0 Å². The van der Waals surface area contributed by atoms with Gasteiger partial charge in [-0.2, -0.15) is 11.8 Å². The number of aliphatic hydroxyl groups is 1. The van der Waals surface area contributed by atoms with E-state index in [-0.39, 0.29) is 0 Å². The quantitative estimate of drug-likeness (QED) is 0.747. The fraction of sp³-hybridized carbons (Fsp3) is 1.00. The van der Waals surface area contributed by atoms with Gasteiger partial charge in [0.1, 0.15) is 0 Å². The molecule has 2 rings (SSSR count). The Morgan fingerprint density at radius 2 is 2.00 bits per heavy atom. The Bertz CT molecular complexity index is 209. The second kappa shape index (κ2) is 5.04. The molecule has 2 fully saturated rings. The molecule has 1 unspecified atom stereocenters. The van der Waals surface area contributed by atoms with Crippen LogP contribution in [-0.2, 0) is 0 Å².